The molecule has 0 saturated heterocycles. The summed E-state index contributed by atoms with van der Waals surface area (Å²) in [5.41, 5.74) is 1.90. The van der Waals surface area contributed by atoms with Gasteiger partial charge in [0.25, 0.3) is 10.0 Å². The number of benzene rings is 3. The standard InChI is InChI=1S/C32H36BrCl2N3O4S/c1-3-30(32(40)36-25-7-5-4-6-8-25)37(20-23-11-18-28(34)29(35)19-23)31(39)21-38(26-14-12-24(33)13-15-26)43(41,42)27-16-9-22(2)10-17-27/h9-19,25,30H,3-8,20-21H2,1-2H3,(H,36,40)/t30-/m0/s1. The lowest BCUT2D eigenvalue weighted by Crippen LogP contribution is -2.54. The first kappa shape index (κ1) is 33.3. The van der Waals surface area contributed by atoms with Crippen molar-refractivity contribution in [1.29, 1.82) is 0 Å². The Morgan fingerprint density at radius 2 is 1.60 bits per heavy atom. The molecule has 1 fully saturated rings. The number of nitrogens with one attached hydrogen (secondary N) is 1. The average Bonchev–Trinajstić information content (AvgIpc) is 2.98. The van der Waals surface area contributed by atoms with Crippen LogP contribution in [0.25, 0.3) is 0 Å². The van der Waals surface area contributed by atoms with Crippen LogP contribution >= 0.6 is 39.1 Å². The molecule has 0 bridgehead atoms. The topological polar surface area (TPSA) is 86.8 Å². The number of carbonyl (C=O) groups is 2. The van der Waals surface area contributed by atoms with E-state index in [1.165, 1.54) is 17.0 Å². The van der Waals surface area contributed by atoms with E-state index in [4.69, 9.17) is 23.2 Å². The third kappa shape index (κ3) is 8.53. The van der Waals surface area contributed by atoms with Crippen LogP contribution in [0, 0.1) is 6.92 Å². The largest absolute Gasteiger partial charge is 0.352 e. The van der Waals surface area contributed by atoms with Crippen LogP contribution in [0.5, 0.6) is 0 Å². The van der Waals surface area contributed by atoms with Gasteiger partial charge >= 0.3 is 0 Å². The molecule has 0 spiro atoms. The minimum absolute atomic E-state index is 0.0467. The monoisotopic (exact) mass is 707 g/mol. The molecule has 0 heterocycles. The summed E-state index contributed by atoms with van der Waals surface area (Å²) < 4.78 is 29.9. The molecule has 230 valence electrons. The zero-order valence-electron chi connectivity index (χ0n) is 24.2. The first-order valence-electron chi connectivity index (χ1n) is 14.4. The summed E-state index contributed by atoms with van der Waals surface area (Å²) in [6.07, 6.45) is 5.38. The zero-order valence-corrected chi connectivity index (χ0v) is 28.1. The number of halogens is 3. The SMILES string of the molecule is CC[C@@H](C(=O)NC1CCCCC1)N(Cc1ccc(Cl)c(Cl)c1)C(=O)CN(c1ccc(Br)cc1)S(=O)(=O)c1ccc(C)cc1. The van der Waals surface area contributed by atoms with Crippen molar-refractivity contribution >= 4 is 66.7 Å². The van der Waals surface area contributed by atoms with Crippen LogP contribution in [0.15, 0.2) is 76.1 Å². The molecule has 1 N–H and O–H groups in total. The zero-order chi connectivity index (χ0) is 31.1. The van der Waals surface area contributed by atoms with Crippen molar-refractivity contribution in [2.75, 3.05) is 10.8 Å². The highest BCUT2D eigenvalue weighted by Gasteiger charge is 2.34. The van der Waals surface area contributed by atoms with Crippen LogP contribution in [-0.4, -0.2) is 43.8 Å². The average molecular weight is 710 g/mol. The minimum atomic E-state index is -4.14. The Morgan fingerprint density at radius 3 is 2.21 bits per heavy atom. The second-order valence-electron chi connectivity index (χ2n) is 10.8. The lowest BCUT2D eigenvalue weighted by Gasteiger charge is -2.34. The van der Waals surface area contributed by atoms with Gasteiger partial charge in [-0.05, 0) is 80.3 Å². The smallest absolute Gasteiger partial charge is 0.264 e. The van der Waals surface area contributed by atoms with Gasteiger partial charge in [0, 0.05) is 17.1 Å². The van der Waals surface area contributed by atoms with Crippen LogP contribution in [0.4, 0.5) is 5.69 Å². The van der Waals surface area contributed by atoms with Gasteiger partial charge in [-0.25, -0.2) is 8.42 Å². The number of nitrogens with zero attached hydrogens (tertiary/aromatic N) is 2. The predicted octanol–water partition coefficient (Wildman–Crippen LogP) is 7.52. The highest BCUT2D eigenvalue weighted by atomic mass is 79.9. The number of sulfonamides is 1. The Labute approximate surface area is 272 Å². The van der Waals surface area contributed by atoms with Crippen molar-refractivity contribution in [3.63, 3.8) is 0 Å². The molecule has 0 aromatic heterocycles. The normalized spacial score (nSPS) is 14.6. The summed E-state index contributed by atoms with van der Waals surface area (Å²) in [5.74, 6) is -0.769. The molecule has 1 atom stereocenters. The maximum absolute atomic E-state index is 14.3. The van der Waals surface area contributed by atoms with Crippen molar-refractivity contribution in [2.24, 2.45) is 0 Å². The van der Waals surface area contributed by atoms with Crippen molar-refractivity contribution in [3.8, 4) is 0 Å². The van der Waals surface area contributed by atoms with Gasteiger partial charge in [0.1, 0.15) is 12.6 Å². The molecule has 11 heteroatoms. The number of carbonyl (C=O) groups excluding carboxylic acids is 2. The summed E-state index contributed by atoms with van der Waals surface area (Å²) in [4.78, 5) is 29.4. The van der Waals surface area contributed by atoms with Crippen molar-refractivity contribution < 1.29 is 18.0 Å². The van der Waals surface area contributed by atoms with Crippen LogP contribution in [-0.2, 0) is 26.2 Å². The van der Waals surface area contributed by atoms with E-state index in [9.17, 15) is 18.0 Å². The molecule has 3 aromatic rings. The van der Waals surface area contributed by atoms with Crippen LogP contribution in [0.2, 0.25) is 10.0 Å². The van der Waals surface area contributed by atoms with E-state index in [2.05, 4.69) is 21.2 Å². The van der Waals surface area contributed by atoms with Crippen LogP contribution in [0.3, 0.4) is 0 Å². The van der Waals surface area contributed by atoms with E-state index >= 15 is 0 Å². The van der Waals surface area contributed by atoms with Crippen molar-refractivity contribution in [2.45, 2.75) is 75.9 Å². The first-order valence-corrected chi connectivity index (χ1v) is 17.4. The number of hydrogen-bond donors (Lipinski definition) is 1. The van der Waals surface area contributed by atoms with Gasteiger partial charge in [0.05, 0.1) is 20.6 Å². The Kier molecular flexibility index (Phi) is 11.6. The number of aryl methyl sites for hydroxylation is 1. The van der Waals surface area contributed by atoms with E-state index < -0.39 is 28.5 Å². The molecule has 43 heavy (non-hydrogen) atoms. The Morgan fingerprint density at radius 1 is 0.953 bits per heavy atom. The number of rotatable bonds is 11. The highest BCUT2D eigenvalue weighted by Crippen LogP contribution is 2.28. The third-order valence-electron chi connectivity index (χ3n) is 7.68. The van der Waals surface area contributed by atoms with E-state index in [1.54, 1.807) is 54.6 Å². The predicted molar refractivity (Wildman–Crippen MR) is 176 cm³/mol. The second-order valence-corrected chi connectivity index (χ2v) is 14.4. The van der Waals surface area contributed by atoms with Gasteiger partial charge in [-0.3, -0.25) is 13.9 Å². The Hall–Kier alpha value is -2.59. The van der Waals surface area contributed by atoms with Gasteiger partial charge < -0.3 is 10.2 Å². The van der Waals surface area contributed by atoms with Crippen molar-refractivity contribution in [1.82, 2.24) is 10.2 Å². The van der Waals surface area contributed by atoms with Gasteiger partial charge in [-0.15, -0.1) is 0 Å². The molecule has 0 unspecified atom stereocenters. The van der Waals surface area contributed by atoms with E-state index in [-0.39, 0.29) is 23.4 Å². The fourth-order valence-corrected chi connectivity index (χ4v) is 7.27. The molecule has 3 aromatic carbocycles. The van der Waals surface area contributed by atoms with Gasteiger partial charge in [-0.1, -0.05) is 89.1 Å². The molecule has 4 rings (SSSR count). The van der Waals surface area contributed by atoms with Crippen LogP contribution < -0.4 is 9.62 Å². The molecular weight excluding hydrogens is 673 g/mol. The molecule has 1 saturated carbocycles. The Balaban J connectivity index is 1.71. The minimum Gasteiger partial charge on any atom is -0.352 e. The molecule has 2 amide bonds. The second kappa shape index (κ2) is 14.9. The van der Waals surface area contributed by atoms with Gasteiger partial charge in [-0.2, -0.15) is 0 Å². The fraction of sp³-hybridized carbons (Fsp3) is 0.375. The summed E-state index contributed by atoms with van der Waals surface area (Å²) >= 11 is 15.8. The maximum atomic E-state index is 14.3. The van der Waals surface area contributed by atoms with Gasteiger partial charge in [0.2, 0.25) is 11.8 Å². The Bertz CT molecular complexity index is 1530. The van der Waals surface area contributed by atoms with Crippen LogP contribution in [0.1, 0.15) is 56.6 Å². The molecule has 0 aliphatic heterocycles. The molecular formula is C32H36BrCl2N3O4S. The number of anilines is 1. The summed E-state index contributed by atoms with van der Waals surface area (Å²) in [6, 6.07) is 17.5. The van der Waals surface area contributed by atoms with Gasteiger partial charge in [0.15, 0.2) is 0 Å². The first-order chi connectivity index (χ1) is 20.5. The quantitative estimate of drug-likeness (QED) is 0.223. The van der Waals surface area contributed by atoms with E-state index in [1.807, 2.05) is 13.8 Å². The van der Waals surface area contributed by atoms with E-state index in [0.29, 0.717) is 27.7 Å². The molecule has 1 aliphatic carbocycles. The summed E-state index contributed by atoms with van der Waals surface area (Å²) in [5, 5.41) is 3.84. The summed E-state index contributed by atoms with van der Waals surface area (Å²) in [7, 11) is -4.14. The third-order valence-corrected chi connectivity index (χ3v) is 10.7. The summed E-state index contributed by atoms with van der Waals surface area (Å²) in [6.45, 7) is 3.25. The molecule has 7 nitrogen and oxygen atoms in total. The van der Waals surface area contributed by atoms with E-state index in [0.717, 1.165) is 46.4 Å². The fourth-order valence-electron chi connectivity index (χ4n) is 5.27. The lowest BCUT2D eigenvalue weighted by molar-refractivity contribution is -0.140. The lowest BCUT2D eigenvalue weighted by atomic mass is 9.95. The number of hydrogen-bond acceptors (Lipinski definition) is 4. The number of amides is 2. The molecule has 1 aliphatic rings. The highest BCUT2D eigenvalue weighted by molar-refractivity contribution is 9.10. The van der Waals surface area contributed by atoms with Crippen molar-refractivity contribution in [3.05, 3.63) is 92.4 Å². The maximum Gasteiger partial charge on any atom is 0.264 e. The molecule has 0 radical (unpaired) electrons.